The first-order valence-corrected chi connectivity index (χ1v) is 6.95. The maximum atomic E-state index is 3.59. The highest BCUT2D eigenvalue weighted by atomic mass is 79.9. The normalized spacial score (nSPS) is 10.4. The Morgan fingerprint density at radius 2 is 1.53 bits per heavy atom. The van der Waals surface area contributed by atoms with Gasteiger partial charge in [-0.1, -0.05) is 18.2 Å². The highest BCUT2D eigenvalue weighted by Gasteiger charge is 2.07. The van der Waals surface area contributed by atoms with Crippen molar-refractivity contribution >= 4 is 43.2 Å². The number of aryl methyl sites for hydroxylation is 2. The second-order valence-electron chi connectivity index (χ2n) is 4.04. The molecular weight excluding hydrogens is 342 g/mol. The fourth-order valence-corrected chi connectivity index (χ4v) is 3.28. The molecule has 0 aliphatic carbocycles. The van der Waals surface area contributed by atoms with Crippen LogP contribution < -0.4 is 5.32 Å². The fourth-order valence-electron chi connectivity index (χ4n) is 1.67. The molecule has 2 rings (SSSR count). The molecule has 0 heterocycles. The van der Waals surface area contributed by atoms with Gasteiger partial charge in [0.25, 0.3) is 0 Å². The minimum Gasteiger partial charge on any atom is -0.353 e. The Morgan fingerprint density at radius 1 is 0.941 bits per heavy atom. The standard InChI is InChI=1S/C14H13Br2N/c1-9-7-11(15)14(12(16)8-9)17-13-6-4-3-5-10(13)2/h3-8,17H,1-2H3. The first-order valence-electron chi connectivity index (χ1n) is 5.36. The third-order valence-electron chi connectivity index (χ3n) is 2.59. The van der Waals surface area contributed by atoms with Crippen molar-refractivity contribution in [3.05, 3.63) is 56.5 Å². The maximum absolute atomic E-state index is 3.59. The van der Waals surface area contributed by atoms with Crippen LogP contribution in [0.2, 0.25) is 0 Å². The molecule has 3 heteroatoms. The molecule has 0 saturated carbocycles. The van der Waals surface area contributed by atoms with Gasteiger partial charge in [0.2, 0.25) is 0 Å². The van der Waals surface area contributed by atoms with Crippen molar-refractivity contribution in [1.29, 1.82) is 0 Å². The summed E-state index contributed by atoms with van der Waals surface area (Å²) in [5.74, 6) is 0. The quantitative estimate of drug-likeness (QED) is 0.743. The largest absolute Gasteiger partial charge is 0.353 e. The van der Waals surface area contributed by atoms with Gasteiger partial charge in [0, 0.05) is 14.6 Å². The van der Waals surface area contributed by atoms with E-state index in [0.29, 0.717) is 0 Å². The molecule has 0 amide bonds. The van der Waals surface area contributed by atoms with Crippen LogP contribution in [0, 0.1) is 13.8 Å². The van der Waals surface area contributed by atoms with Gasteiger partial charge < -0.3 is 5.32 Å². The van der Waals surface area contributed by atoms with Gasteiger partial charge in [-0.3, -0.25) is 0 Å². The highest BCUT2D eigenvalue weighted by molar-refractivity contribution is 9.11. The SMILES string of the molecule is Cc1cc(Br)c(Nc2ccccc2C)c(Br)c1. The van der Waals surface area contributed by atoms with Gasteiger partial charge in [-0.05, 0) is 75.0 Å². The second kappa shape index (κ2) is 5.23. The lowest BCUT2D eigenvalue weighted by atomic mass is 10.2. The molecule has 0 unspecified atom stereocenters. The lowest BCUT2D eigenvalue weighted by molar-refractivity contribution is 1.38. The van der Waals surface area contributed by atoms with Gasteiger partial charge in [-0.25, -0.2) is 0 Å². The molecule has 0 fully saturated rings. The molecule has 0 bridgehead atoms. The predicted octanol–water partition coefficient (Wildman–Crippen LogP) is 5.57. The summed E-state index contributed by atoms with van der Waals surface area (Å²) >= 11 is 7.17. The van der Waals surface area contributed by atoms with Crippen molar-refractivity contribution in [2.24, 2.45) is 0 Å². The summed E-state index contributed by atoms with van der Waals surface area (Å²) in [5, 5.41) is 3.44. The van der Waals surface area contributed by atoms with Crippen LogP contribution in [0.15, 0.2) is 45.3 Å². The Kier molecular flexibility index (Phi) is 3.89. The van der Waals surface area contributed by atoms with Gasteiger partial charge in [0.1, 0.15) is 0 Å². The molecule has 88 valence electrons. The third-order valence-corrected chi connectivity index (χ3v) is 3.84. The molecule has 0 aromatic heterocycles. The average Bonchev–Trinajstić information content (AvgIpc) is 2.25. The van der Waals surface area contributed by atoms with Crippen LogP contribution in [-0.2, 0) is 0 Å². The van der Waals surface area contributed by atoms with Gasteiger partial charge in [0.15, 0.2) is 0 Å². The number of anilines is 2. The second-order valence-corrected chi connectivity index (χ2v) is 5.75. The average molecular weight is 355 g/mol. The monoisotopic (exact) mass is 353 g/mol. The summed E-state index contributed by atoms with van der Waals surface area (Å²) < 4.78 is 2.13. The number of benzene rings is 2. The van der Waals surface area contributed by atoms with Gasteiger partial charge in [-0.2, -0.15) is 0 Å². The van der Waals surface area contributed by atoms with Crippen LogP contribution in [0.1, 0.15) is 11.1 Å². The zero-order valence-electron chi connectivity index (χ0n) is 9.72. The lowest BCUT2D eigenvalue weighted by Gasteiger charge is -2.13. The Morgan fingerprint density at radius 3 is 2.12 bits per heavy atom. The summed E-state index contributed by atoms with van der Waals surface area (Å²) in [5.41, 5.74) is 4.63. The number of para-hydroxylation sites is 1. The number of rotatable bonds is 2. The van der Waals surface area contributed by atoms with Crippen LogP contribution >= 0.6 is 31.9 Å². The minimum atomic E-state index is 1.06. The molecule has 2 aromatic carbocycles. The van der Waals surface area contributed by atoms with E-state index in [2.05, 4.69) is 75.3 Å². The lowest BCUT2D eigenvalue weighted by Crippen LogP contribution is -1.95. The third kappa shape index (κ3) is 2.90. The first-order chi connectivity index (χ1) is 8.08. The molecule has 0 spiro atoms. The highest BCUT2D eigenvalue weighted by Crippen LogP contribution is 2.35. The van der Waals surface area contributed by atoms with E-state index >= 15 is 0 Å². The van der Waals surface area contributed by atoms with E-state index in [4.69, 9.17) is 0 Å². The molecule has 17 heavy (non-hydrogen) atoms. The van der Waals surface area contributed by atoms with E-state index in [1.165, 1.54) is 11.1 Å². The molecule has 0 aliphatic rings. The zero-order chi connectivity index (χ0) is 12.4. The smallest absolute Gasteiger partial charge is 0.0673 e. The van der Waals surface area contributed by atoms with Crippen LogP contribution in [-0.4, -0.2) is 0 Å². The van der Waals surface area contributed by atoms with Crippen molar-refractivity contribution in [2.45, 2.75) is 13.8 Å². The minimum absolute atomic E-state index is 1.06. The number of nitrogens with one attached hydrogen (secondary N) is 1. The van der Waals surface area contributed by atoms with Crippen molar-refractivity contribution < 1.29 is 0 Å². The Hall–Kier alpha value is -0.800. The Bertz CT molecular complexity index is 527. The van der Waals surface area contributed by atoms with E-state index < -0.39 is 0 Å². The first kappa shape index (κ1) is 12.7. The molecular formula is C14H13Br2N. The summed E-state index contributed by atoms with van der Waals surface area (Å²) in [6.07, 6.45) is 0. The van der Waals surface area contributed by atoms with E-state index in [-0.39, 0.29) is 0 Å². The van der Waals surface area contributed by atoms with Crippen molar-refractivity contribution in [3.8, 4) is 0 Å². The number of hydrogen-bond acceptors (Lipinski definition) is 1. The van der Waals surface area contributed by atoms with Crippen LogP contribution in [0.25, 0.3) is 0 Å². The van der Waals surface area contributed by atoms with Crippen molar-refractivity contribution in [1.82, 2.24) is 0 Å². The molecule has 0 atom stereocenters. The molecule has 0 aliphatic heterocycles. The zero-order valence-corrected chi connectivity index (χ0v) is 12.9. The Balaban J connectivity index is 2.40. The molecule has 0 saturated heterocycles. The molecule has 2 aromatic rings. The summed E-state index contributed by atoms with van der Waals surface area (Å²) in [6.45, 7) is 4.17. The van der Waals surface area contributed by atoms with Crippen LogP contribution in [0.4, 0.5) is 11.4 Å². The van der Waals surface area contributed by atoms with Crippen molar-refractivity contribution in [2.75, 3.05) is 5.32 Å². The maximum Gasteiger partial charge on any atom is 0.0673 e. The van der Waals surface area contributed by atoms with Crippen molar-refractivity contribution in [3.63, 3.8) is 0 Å². The summed E-state index contributed by atoms with van der Waals surface area (Å²) in [4.78, 5) is 0. The molecule has 1 N–H and O–H groups in total. The molecule has 1 nitrogen and oxygen atoms in total. The van der Waals surface area contributed by atoms with Gasteiger partial charge >= 0.3 is 0 Å². The summed E-state index contributed by atoms with van der Waals surface area (Å²) in [7, 11) is 0. The van der Waals surface area contributed by atoms with E-state index in [9.17, 15) is 0 Å². The number of hydrogen-bond donors (Lipinski definition) is 1. The van der Waals surface area contributed by atoms with Gasteiger partial charge in [-0.15, -0.1) is 0 Å². The number of halogens is 2. The fraction of sp³-hybridized carbons (Fsp3) is 0.143. The molecule has 0 radical (unpaired) electrons. The van der Waals surface area contributed by atoms with Crippen LogP contribution in [0.5, 0.6) is 0 Å². The Labute approximate surface area is 119 Å². The van der Waals surface area contributed by atoms with Gasteiger partial charge in [0.05, 0.1) is 5.69 Å². The van der Waals surface area contributed by atoms with E-state index in [1.54, 1.807) is 0 Å². The van der Waals surface area contributed by atoms with E-state index in [1.807, 2.05) is 12.1 Å². The van der Waals surface area contributed by atoms with Crippen LogP contribution in [0.3, 0.4) is 0 Å². The van der Waals surface area contributed by atoms with E-state index in [0.717, 1.165) is 20.3 Å². The predicted molar refractivity (Wildman–Crippen MR) is 81.0 cm³/mol. The topological polar surface area (TPSA) is 12.0 Å². The summed E-state index contributed by atoms with van der Waals surface area (Å²) in [6, 6.07) is 12.5.